The SMILES string of the molecule is CC1CNCCN1C(=O)c1ccc(Cl)cc1Cl. The fraction of sp³-hybridized carbons (Fsp3) is 0.417. The molecular weight excluding hydrogens is 259 g/mol. The van der Waals surface area contributed by atoms with Gasteiger partial charge < -0.3 is 10.2 Å². The number of amides is 1. The van der Waals surface area contributed by atoms with E-state index in [2.05, 4.69) is 5.32 Å². The molecule has 2 rings (SSSR count). The number of carbonyl (C=O) groups excluding carboxylic acids is 1. The first-order chi connectivity index (χ1) is 8.09. The zero-order chi connectivity index (χ0) is 12.4. The normalized spacial score (nSPS) is 20.4. The van der Waals surface area contributed by atoms with Crippen LogP contribution >= 0.6 is 23.2 Å². The summed E-state index contributed by atoms with van der Waals surface area (Å²) < 4.78 is 0. The standard InChI is InChI=1S/C12H14Cl2N2O/c1-8-7-15-4-5-16(8)12(17)10-3-2-9(13)6-11(10)14/h2-3,6,8,15H,4-5,7H2,1H3. The van der Waals surface area contributed by atoms with Gasteiger partial charge in [0.1, 0.15) is 0 Å². The zero-order valence-electron chi connectivity index (χ0n) is 9.54. The summed E-state index contributed by atoms with van der Waals surface area (Å²) in [5.41, 5.74) is 0.518. The lowest BCUT2D eigenvalue weighted by Crippen LogP contribution is -2.52. The monoisotopic (exact) mass is 272 g/mol. The summed E-state index contributed by atoms with van der Waals surface area (Å²) in [5, 5.41) is 4.20. The molecule has 1 N–H and O–H groups in total. The molecule has 1 unspecified atom stereocenters. The van der Waals surface area contributed by atoms with E-state index < -0.39 is 0 Å². The van der Waals surface area contributed by atoms with Crippen LogP contribution in [0.25, 0.3) is 0 Å². The van der Waals surface area contributed by atoms with E-state index in [0.29, 0.717) is 22.2 Å². The maximum atomic E-state index is 12.3. The predicted octanol–water partition coefficient (Wildman–Crippen LogP) is 2.43. The van der Waals surface area contributed by atoms with Crippen molar-refractivity contribution in [1.29, 1.82) is 0 Å². The van der Waals surface area contributed by atoms with Crippen molar-refractivity contribution in [3.63, 3.8) is 0 Å². The Morgan fingerprint density at radius 3 is 2.88 bits per heavy atom. The number of halogens is 2. The van der Waals surface area contributed by atoms with Gasteiger partial charge in [0.25, 0.3) is 5.91 Å². The summed E-state index contributed by atoms with van der Waals surface area (Å²) >= 11 is 11.9. The van der Waals surface area contributed by atoms with Gasteiger partial charge in [0.05, 0.1) is 10.6 Å². The van der Waals surface area contributed by atoms with E-state index in [0.717, 1.165) is 13.1 Å². The number of piperazine rings is 1. The number of benzene rings is 1. The molecule has 1 amide bonds. The summed E-state index contributed by atoms with van der Waals surface area (Å²) in [7, 11) is 0. The highest BCUT2D eigenvalue weighted by molar-refractivity contribution is 6.36. The van der Waals surface area contributed by atoms with Crippen molar-refractivity contribution in [2.45, 2.75) is 13.0 Å². The van der Waals surface area contributed by atoms with Gasteiger partial charge in [-0.3, -0.25) is 4.79 Å². The van der Waals surface area contributed by atoms with Crippen molar-refractivity contribution in [2.24, 2.45) is 0 Å². The molecule has 3 nitrogen and oxygen atoms in total. The third-order valence-corrected chi connectivity index (χ3v) is 3.47. The van der Waals surface area contributed by atoms with Crippen LogP contribution < -0.4 is 5.32 Å². The highest BCUT2D eigenvalue weighted by Gasteiger charge is 2.25. The molecule has 17 heavy (non-hydrogen) atoms. The molecule has 92 valence electrons. The lowest BCUT2D eigenvalue weighted by atomic mass is 10.1. The van der Waals surface area contributed by atoms with E-state index in [1.807, 2.05) is 11.8 Å². The van der Waals surface area contributed by atoms with Crippen molar-refractivity contribution in [3.8, 4) is 0 Å². The molecule has 1 saturated heterocycles. The van der Waals surface area contributed by atoms with E-state index in [4.69, 9.17) is 23.2 Å². The Morgan fingerprint density at radius 1 is 1.47 bits per heavy atom. The van der Waals surface area contributed by atoms with E-state index in [1.54, 1.807) is 18.2 Å². The summed E-state index contributed by atoms with van der Waals surface area (Å²) in [6, 6.07) is 5.15. The van der Waals surface area contributed by atoms with Crippen molar-refractivity contribution >= 4 is 29.1 Å². The van der Waals surface area contributed by atoms with Crippen molar-refractivity contribution < 1.29 is 4.79 Å². The fourth-order valence-corrected chi connectivity index (χ4v) is 2.45. The second kappa shape index (κ2) is 5.25. The minimum Gasteiger partial charge on any atom is -0.333 e. The van der Waals surface area contributed by atoms with E-state index in [9.17, 15) is 4.79 Å². The first-order valence-corrected chi connectivity index (χ1v) is 6.32. The summed E-state index contributed by atoms with van der Waals surface area (Å²) in [6.07, 6.45) is 0. The quantitative estimate of drug-likeness (QED) is 0.852. The summed E-state index contributed by atoms with van der Waals surface area (Å²) in [5.74, 6) is -0.0272. The number of hydrogen-bond acceptors (Lipinski definition) is 2. The molecule has 1 aliphatic heterocycles. The van der Waals surface area contributed by atoms with Gasteiger partial charge in [0.2, 0.25) is 0 Å². The van der Waals surface area contributed by atoms with E-state index in [-0.39, 0.29) is 11.9 Å². The van der Waals surface area contributed by atoms with Crippen LogP contribution in [0.3, 0.4) is 0 Å². The van der Waals surface area contributed by atoms with Crippen molar-refractivity contribution in [3.05, 3.63) is 33.8 Å². The molecule has 1 heterocycles. The molecule has 0 aliphatic carbocycles. The second-order valence-electron chi connectivity index (χ2n) is 4.18. The molecular formula is C12H14Cl2N2O. The summed E-state index contributed by atoms with van der Waals surface area (Å²) in [6.45, 7) is 4.37. The topological polar surface area (TPSA) is 32.3 Å². The minimum atomic E-state index is -0.0272. The van der Waals surface area contributed by atoms with Crippen LogP contribution in [0.2, 0.25) is 10.0 Å². The third kappa shape index (κ3) is 2.73. The first kappa shape index (κ1) is 12.7. The molecule has 1 fully saturated rings. The number of rotatable bonds is 1. The van der Waals surface area contributed by atoms with Gasteiger partial charge in [0.15, 0.2) is 0 Å². The second-order valence-corrected chi connectivity index (χ2v) is 5.02. The van der Waals surface area contributed by atoms with Crippen LogP contribution in [0.15, 0.2) is 18.2 Å². The highest BCUT2D eigenvalue weighted by Crippen LogP contribution is 2.23. The number of nitrogens with one attached hydrogen (secondary N) is 1. The molecule has 1 atom stereocenters. The molecule has 0 spiro atoms. The first-order valence-electron chi connectivity index (χ1n) is 5.56. The molecule has 1 aliphatic rings. The fourth-order valence-electron chi connectivity index (χ4n) is 1.96. The van der Waals surface area contributed by atoms with Crippen LogP contribution in [-0.4, -0.2) is 36.5 Å². The molecule has 0 radical (unpaired) electrons. The molecule has 5 heteroatoms. The lowest BCUT2D eigenvalue weighted by Gasteiger charge is -2.34. The number of carbonyl (C=O) groups is 1. The van der Waals surface area contributed by atoms with E-state index >= 15 is 0 Å². The molecule has 0 saturated carbocycles. The van der Waals surface area contributed by atoms with Crippen LogP contribution in [0, 0.1) is 0 Å². The Morgan fingerprint density at radius 2 is 2.24 bits per heavy atom. The highest BCUT2D eigenvalue weighted by atomic mass is 35.5. The minimum absolute atomic E-state index is 0.0272. The third-order valence-electron chi connectivity index (χ3n) is 2.92. The molecule has 0 bridgehead atoms. The lowest BCUT2D eigenvalue weighted by molar-refractivity contribution is 0.0656. The summed E-state index contributed by atoms with van der Waals surface area (Å²) in [4.78, 5) is 14.2. The predicted molar refractivity (Wildman–Crippen MR) is 69.8 cm³/mol. The van der Waals surface area contributed by atoms with Gasteiger partial charge >= 0.3 is 0 Å². The van der Waals surface area contributed by atoms with Gasteiger partial charge in [-0.15, -0.1) is 0 Å². The smallest absolute Gasteiger partial charge is 0.255 e. The van der Waals surface area contributed by atoms with Crippen LogP contribution in [0.4, 0.5) is 0 Å². The Bertz CT molecular complexity index is 437. The molecule has 1 aromatic rings. The van der Waals surface area contributed by atoms with Gasteiger partial charge in [-0.05, 0) is 25.1 Å². The van der Waals surface area contributed by atoms with Crippen molar-refractivity contribution in [2.75, 3.05) is 19.6 Å². The van der Waals surface area contributed by atoms with Gasteiger partial charge in [-0.2, -0.15) is 0 Å². The Labute approximate surface area is 111 Å². The van der Waals surface area contributed by atoms with Crippen LogP contribution in [-0.2, 0) is 0 Å². The molecule has 0 aromatic heterocycles. The van der Waals surface area contributed by atoms with E-state index in [1.165, 1.54) is 0 Å². The van der Waals surface area contributed by atoms with Gasteiger partial charge in [-0.1, -0.05) is 23.2 Å². The average Bonchev–Trinajstić information content (AvgIpc) is 2.29. The Kier molecular flexibility index (Phi) is 3.92. The number of nitrogens with zero attached hydrogens (tertiary/aromatic N) is 1. The number of hydrogen-bond donors (Lipinski definition) is 1. The Balaban J connectivity index is 2.24. The zero-order valence-corrected chi connectivity index (χ0v) is 11.1. The van der Waals surface area contributed by atoms with Gasteiger partial charge in [-0.25, -0.2) is 0 Å². The molecule has 1 aromatic carbocycles. The van der Waals surface area contributed by atoms with Crippen LogP contribution in [0.5, 0.6) is 0 Å². The maximum Gasteiger partial charge on any atom is 0.255 e. The van der Waals surface area contributed by atoms with Crippen LogP contribution in [0.1, 0.15) is 17.3 Å². The maximum absolute atomic E-state index is 12.3. The largest absolute Gasteiger partial charge is 0.333 e. The van der Waals surface area contributed by atoms with Crippen molar-refractivity contribution in [1.82, 2.24) is 10.2 Å². The van der Waals surface area contributed by atoms with Gasteiger partial charge in [0, 0.05) is 30.7 Å². The average molecular weight is 273 g/mol. The Hall–Kier alpha value is -0.770.